The molecule has 0 amide bonds. The van der Waals surface area contributed by atoms with Crippen LogP contribution in [-0.2, 0) is 22.5 Å². The Labute approximate surface area is 208 Å². The Morgan fingerprint density at radius 2 is 1.72 bits per heavy atom. The van der Waals surface area contributed by atoms with E-state index in [2.05, 4.69) is 16.6 Å². The van der Waals surface area contributed by atoms with Gasteiger partial charge >= 0.3 is 0 Å². The number of aromatic hydroxyl groups is 1. The van der Waals surface area contributed by atoms with Crippen LogP contribution in [0, 0.1) is 5.82 Å². The van der Waals surface area contributed by atoms with Gasteiger partial charge in [-0.15, -0.1) is 0 Å². The van der Waals surface area contributed by atoms with Gasteiger partial charge < -0.3 is 29.0 Å². The minimum atomic E-state index is -0.630. The zero-order valence-electron chi connectivity index (χ0n) is 20.7. The minimum absolute atomic E-state index is 0.0207. The molecule has 1 aromatic heterocycles. The van der Waals surface area contributed by atoms with Crippen LogP contribution in [0.1, 0.15) is 23.7 Å². The largest absolute Gasteiger partial charge is 0.506 e. The second-order valence-electron chi connectivity index (χ2n) is 7.68. The highest BCUT2D eigenvalue weighted by Gasteiger charge is 2.27. The number of halogens is 1. The molecule has 3 aromatic rings. The van der Waals surface area contributed by atoms with E-state index in [4.69, 9.17) is 18.9 Å². The summed E-state index contributed by atoms with van der Waals surface area (Å²) in [4.78, 5) is 20.0. The Morgan fingerprint density at radius 3 is 2.28 bits per heavy atom. The number of H-pyrrole nitrogens is 1. The number of aliphatic imine (C=N–C) groups is 1. The molecule has 0 aliphatic heterocycles. The van der Waals surface area contributed by atoms with Gasteiger partial charge in [0.1, 0.15) is 34.4 Å². The van der Waals surface area contributed by atoms with Gasteiger partial charge in [-0.05, 0) is 36.8 Å². The van der Waals surface area contributed by atoms with Gasteiger partial charge in [-0.2, -0.15) is 0 Å². The number of pyridine rings is 1. The summed E-state index contributed by atoms with van der Waals surface area (Å²) in [7, 11) is 4.41. The van der Waals surface area contributed by atoms with Crippen LogP contribution in [0.2, 0.25) is 0 Å². The van der Waals surface area contributed by atoms with Gasteiger partial charge in [0.25, 0.3) is 5.56 Å². The Balaban J connectivity index is 2.12. The molecule has 0 aliphatic rings. The van der Waals surface area contributed by atoms with E-state index in [0.717, 1.165) is 5.56 Å². The first kappa shape index (κ1) is 26.5. The number of ether oxygens (including phenoxy) is 4. The summed E-state index contributed by atoms with van der Waals surface area (Å²) in [6.45, 7) is 6.12. The SMILES string of the molecule is C=C(Cc1ccc(F)cc1)OC(=NC)c1c(O)c(-c2c(OC)cccc2OC)c(COCC)[nH]c1=O. The molecule has 0 bridgehead atoms. The van der Waals surface area contributed by atoms with Crippen molar-refractivity contribution in [3.05, 3.63) is 87.8 Å². The molecule has 3 rings (SSSR count). The molecule has 0 saturated heterocycles. The third-order valence-corrected chi connectivity index (χ3v) is 5.37. The molecule has 8 nitrogen and oxygen atoms in total. The Morgan fingerprint density at radius 1 is 1.08 bits per heavy atom. The van der Waals surface area contributed by atoms with Crippen LogP contribution in [-0.4, -0.2) is 43.9 Å². The number of hydrogen-bond donors (Lipinski definition) is 2. The predicted octanol–water partition coefficient (Wildman–Crippen LogP) is 4.59. The fourth-order valence-electron chi connectivity index (χ4n) is 3.73. The maximum Gasteiger partial charge on any atom is 0.264 e. The highest BCUT2D eigenvalue weighted by Crippen LogP contribution is 2.44. The lowest BCUT2D eigenvalue weighted by atomic mass is 9.98. The second-order valence-corrected chi connectivity index (χ2v) is 7.68. The van der Waals surface area contributed by atoms with Crippen LogP contribution in [0.5, 0.6) is 17.2 Å². The molecular formula is C27H29FN2O6. The first-order valence-corrected chi connectivity index (χ1v) is 11.2. The van der Waals surface area contributed by atoms with Gasteiger partial charge in [0.15, 0.2) is 0 Å². The number of aromatic amines is 1. The summed E-state index contributed by atoms with van der Waals surface area (Å²) >= 11 is 0. The molecule has 190 valence electrons. The van der Waals surface area contributed by atoms with Gasteiger partial charge in [-0.25, -0.2) is 4.39 Å². The van der Waals surface area contributed by atoms with E-state index < -0.39 is 5.56 Å². The minimum Gasteiger partial charge on any atom is -0.506 e. The molecular weight excluding hydrogens is 467 g/mol. The fourth-order valence-corrected chi connectivity index (χ4v) is 3.73. The van der Waals surface area contributed by atoms with Crippen LogP contribution in [0.3, 0.4) is 0 Å². The number of nitrogens with zero attached hydrogens (tertiary/aromatic N) is 1. The van der Waals surface area contributed by atoms with Crippen molar-refractivity contribution in [1.82, 2.24) is 4.98 Å². The normalized spacial score (nSPS) is 11.3. The molecule has 0 unspecified atom stereocenters. The van der Waals surface area contributed by atoms with Gasteiger partial charge in [0.05, 0.1) is 37.6 Å². The molecule has 0 fully saturated rings. The van der Waals surface area contributed by atoms with Crippen LogP contribution in [0.25, 0.3) is 11.1 Å². The zero-order valence-corrected chi connectivity index (χ0v) is 20.7. The summed E-state index contributed by atoms with van der Waals surface area (Å²) in [5, 5.41) is 11.5. The third kappa shape index (κ3) is 5.75. The Hall–Kier alpha value is -4.11. The van der Waals surface area contributed by atoms with Crippen molar-refractivity contribution in [2.45, 2.75) is 20.0 Å². The lowest BCUT2D eigenvalue weighted by Crippen LogP contribution is -2.23. The molecule has 2 aromatic carbocycles. The first-order chi connectivity index (χ1) is 17.3. The number of aromatic nitrogens is 1. The van der Waals surface area contributed by atoms with Gasteiger partial charge in [-0.1, -0.05) is 24.8 Å². The van der Waals surface area contributed by atoms with Crippen molar-refractivity contribution < 1.29 is 28.4 Å². The van der Waals surface area contributed by atoms with E-state index in [9.17, 15) is 14.3 Å². The summed E-state index contributed by atoms with van der Waals surface area (Å²) in [5.41, 5.74) is 0.929. The topological polar surface area (TPSA) is 102 Å². The molecule has 0 aliphatic carbocycles. The molecule has 1 heterocycles. The summed E-state index contributed by atoms with van der Waals surface area (Å²) < 4.78 is 35.6. The number of benzene rings is 2. The Bertz CT molecular complexity index is 1290. The molecule has 9 heteroatoms. The number of nitrogens with one attached hydrogen (secondary N) is 1. The molecule has 0 spiro atoms. The maximum absolute atomic E-state index is 13.2. The van der Waals surface area contributed by atoms with Crippen LogP contribution < -0.4 is 15.0 Å². The molecule has 0 radical (unpaired) electrons. The summed E-state index contributed by atoms with van der Waals surface area (Å²) in [6, 6.07) is 11.0. The Kier molecular flexibility index (Phi) is 8.86. The van der Waals surface area contributed by atoms with E-state index in [1.165, 1.54) is 33.4 Å². The predicted molar refractivity (Wildman–Crippen MR) is 135 cm³/mol. The van der Waals surface area contributed by atoms with Gasteiger partial charge in [0, 0.05) is 20.1 Å². The van der Waals surface area contributed by atoms with Gasteiger partial charge in [-0.3, -0.25) is 9.79 Å². The first-order valence-electron chi connectivity index (χ1n) is 11.2. The average Bonchev–Trinajstić information content (AvgIpc) is 2.87. The van der Waals surface area contributed by atoms with E-state index in [1.54, 1.807) is 30.3 Å². The van der Waals surface area contributed by atoms with Crippen molar-refractivity contribution in [3.8, 4) is 28.4 Å². The quantitative estimate of drug-likeness (QED) is 0.242. The monoisotopic (exact) mass is 496 g/mol. The van der Waals surface area contributed by atoms with E-state index in [-0.39, 0.29) is 47.4 Å². The van der Waals surface area contributed by atoms with Crippen molar-refractivity contribution in [2.24, 2.45) is 4.99 Å². The van der Waals surface area contributed by atoms with Crippen LogP contribution >= 0.6 is 0 Å². The van der Waals surface area contributed by atoms with Gasteiger partial charge in [0.2, 0.25) is 5.90 Å². The van der Waals surface area contributed by atoms with E-state index in [0.29, 0.717) is 29.4 Å². The third-order valence-electron chi connectivity index (χ3n) is 5.37. The van der Waals surface area contributed by atoms with E-state index >= 15 is 0 Å². The molecule has 0 saturated carbocycles. The number of allylic oxidation sites excluding steroid dienone is 1. The summed E-state index contributed by atoms with van der Waals surface area (Å²) in [5.74, 6) is 0.194. The summed E-state index contributed by atoms with van der Waals surface area (Å²) in [6.07, 6.45) is 0.244. The second kappa shape index (κ2) is 12.0. The number of rotatable bonds is 10. The molecule has 36 heavy (non-hydrogen) atoms. The molecule has 0 atom stereocenters. The van der Waals surface area contributed by atoms with Crippen molar-refractivity contribution in [1.29, 1.82) is 0 Å². The molecule has 2 N–H and O–H groups in total. The van der Waals surface area contributed by atoms with E-state index in [1.807, 2.05) is 6.92 Å². The van der Waals surface area contributed by atoms with Crippen LogP contribution in [0.4, 0.5) is 4.39 Å². The fraction of sp³-hybridized carbons (Fsp3) is 0.259. The standard InChI is InChI=1S/C27H29FN2O6/c1-6-35-15-19-22(23-20(33-4)8-7-9-21(23)34-5)25(31)24(26(32)30-19)27(29-3)36-16(2)14-17-10-12-18(28)13-11-17/h7-13H,2,6,14-15H2,1,3-5H3,(H2,30,31,32). The average molecular weight is 497 g/mol. The number of hydrogen-bond acceptors (Lipinski definition) is 7. The van der Waals surface area contributed by atoms with Crippen LogP contribution in [0.15, 0.2) is 64.6 Å². The smallest absolute Gasteiger partial charge is 0.264 e. The van der Waals surface area contributed by atoms with Crippen molar-refractivity contribution in [2.75, 3.05) is 27.9 Å². The number of methoxy groups -OCH3 is 2. The van der Waals surface area contributed by atoms with Crippen molar-refractivity contribution >= 4 is 5.90 Å². The highest BCUT2D eigenvalue weighted by molar-refractivity contribution is 6.00. The lowest BCUT2D eigenvalue weighted by Gasteiger charge is -2.20. The van der Waals surface area contributed by atoms with Crippen molar-refractivity contribution in [3.63, 3.8) is 0 Å². The lowest BCUT2D eigenvalue weighted by molar-refractivity contribution is 0.131. The highest BCUT2D eigenvalue weighted by atomic mass is 19.1. The zero-order chi connectivity index (χ0) is 26.2. The maximum atomic E-state index is 13.2.